The fraction of sp³-hybridized carbons (Fsp3) is 1.00. The summed E-state index contributed by atoms with van der Waals surface area (Å²) < 4.78 is 5.68. The average Bonchev–Trinajstić information content (AvgIpc) is 2.55. The van der Waals surface area contributed by atoms with Crippen molar-refractivity contribution >= 4 is 0 Å². The van der Waals surface area contributed by atoms with E-state index in [0.29, 0.717) is 6.10 Å². The highest BCUT2D eigenvalue weighted by Crippen LogP contribution is 2.27. The Morgan fingerprint density at radius 3 is 2.23 bits per heavy atom. The van der Waals surface area contributed by atoms with Gasteiger partial charge >= 0.3 is 0 Å². The van der Waals surface area contributed by atoms with Crippen LogP contribution in [0.4, 0.5) is 0 Å². The molecule has 2 rings (SSSR count). The van der Waals surface area contributed by atoms with E-state index < -0.39 is 0 Å². The summed E-state index contributed by atoms with van der Waals surface area (Å²) in [5.74, 6) is 0.843. The van der Waals surface area contributed by atoms with E-state index >= 15 is 0 Å². The molecule has 1 N–H and O–H groups in total. The molecule has 2 aliphatic rings. The molecule has 0 aromatic carbocycles. The predicted molar refractivity (Wildman–Crippen MR) is 53.6 cm³/mol. The van der Waals surface area contributed by atoms with Crippen LogP contribution in [0.2, 0.25) is 0 Å². The molecular weight excluding hydrogens is 162 g/mol. The zero-order chi connectivity index (χ0) is 8.93. The monoisotopic (exact) mass is 183 g/mol. The van der Waals surface area contributed by atoms with E-state index in [4.69, 9.17) is 4.74 Å². The minimum absolute atomic E-state index is 0.526. The van der Waals surface area contributed by atoms with Crippen LogP contribution in [0.1, 0.15) is 44.9 Å². The molecule has 0 amide bonds. The van der Waals surface area contributed by atoms with Gasteiger partial charge in [-0.1, -0.05) is 32.1 Å². The second-order valence-corrected chi connectivity index (χ2v) is 4.41. The first-order valence-corrected chi connectivity index (χ1v) is 5.79. The van der Waals surface area contributed by atoms with Crippen molar-refractivity contribution in [1.29, 1.82) is 0 Å². The number of hydrogen-bond donors (Lipinski definition) is 1. The predicted octanol–water partition coefficient (Wildman–Crippen LogP) is 2.29. The van der Waals surface area contributed by atoms with Gasteiger partial charge in [-0.25, -0.2) is 0 Å². The number of rotatable bonds is 1. The van der Waals surface area contributed by atoms with E-state index in [0.717, 1.165) is 19.2 Å². The summed E-state index contributed by atoms with van der Waals surface area (Å²) in [7, 11) is 0. The maximum Gasteiger partial charge on any atom is 0.0970 e. The molecular formula is C11H21NO. The van der Waals surface area contributed by atoms with Crippen LogP contribution in [0.25, 0.3) is 0 Å². The van der Waals surface area contributed by atoms with E-state index in [1.54, 1.807) is 0 Å². The van der Waals surface area contributed by atoms with Gasteiger partial charge in [0.05, 0.1) is 12.8 Å². The van der Waals surface area contributed by atoms with Crippen LogP contribution in [0.15, 0.2) is 0 Å². The third-order valence-corrected chi connectivity index (χ3v) is 3.42. The normalized spacial score (nSPS) is 32.8. The molecule has 1 heterocycles. The van der Waals surface area contributed by atoms with Gasteiger partial charge in [-0.2, -0.15) is 0 Å². The first-order valence-electron chi connectivity index (χ1n) is 5.79. The van der Waals surface area contributed by atoms with Crippen LogP contribution in [-0.4, -0.2) is 19.4 Å². The summed E-state index contributed by atoms with van der Waals surface area (Å²) >= 11 is 0. The lowest BCUT2D eigenvalue weighted by Gasteiger charge is -2.24. The first kappa shape index (κ1) is 9.47. The van der Waals surface area contributed by atoms with E-state index in [2.05, 4.69) is 5.32 Å². The summed E-state index contributed by atoms with van der Waals surface area (Å²) in [5.41, 5.74) is 0. The zero-order valence-electron chi connectivity index (χ0n) is 8.43. The van der Waals surface area contributed by atoms with Crippen LogP contribution in [0, 0.1) is 5.92 Å². The van der Waals surface area contributed by atoms with E-state index in [1.165, 1.54) is 44.9 Å². The van der Waals surface area contributed by atoms with Gasteiger partial charge < -0.3 is 4.74 Å². The molecule has 1 atom stereocenters. The maximum atomic E-state index is 5.68. The van der Waals surface area contributed by atoms with Crippen molar-refractivity contribution in [3.05, 3.63) is 0 Å². The Morgan fingerprint density at radius 2 is 1.62 bits per heavy atom. The number of hydrogen-bond acceptors (Lipinski definition) is 2. The second kappa shape index (κ2) is 4.97. The third kappa shape index (κ3) is 2.68. The van der Waals surface area contributed by atoms with Crippen LogP contribution in [0.3, 0.4) is 0 Å². The summed E-state index contributed by atoms with van der Waals surface area (Å²) in [6.45, 7) is 1.87. The molecule has 2 nitrogen and oxygen atoms in total. The highest BCUT2D eigenvalue weighted by atomic mass is 16.5. The SMILES string of the molecule is C1CCCC(C2CNCO2)CCC1. The molecule has 1 aliphatic carbocycles. The number of nitrogens with one attached hydrogen (secondary N) is 1. The lowest BCUT2D eigenvalue weighted by atomic mass is 9.87. The molecule has 1 saturated carbocycles. The fourth-order valence-electron chi connectivity index (χ4n) is 2.59. The Morgan fingerprint density at radius 1 is 0.923 bits per heavy atom. The molecule has 13 heavy (non-hydrogen) atoms. The summed E-state index contributed by atoms with van der Waals surface area (Å²) in [4.78, 5) is 0. The Labute approximate surface area is 81.0 Å². The first-order chi connectivity index (χ1) is 6.47. The van der Waals surface area contributed by atoms with Crippen molar-refractivity contribution in [2.75, 3.05) is 13.3 Å². The van der Waals surface area contributed by atoms with Gasteiger partial charge in [0.25, 0.3) is 0 Å². The van der Waals surface area contributed by atoms with Crippen LogP contribution < -0.4 is 5.32 Å². The summed E-state index contributed by atoms with van der Waals surface area (Å²) in [5, 5.41) is 3.28. The van der Waals surface area contributed by atoms with Gasteiger partial charge in [0, 0.05) is 6.54 Å². The molecule has 1 aliphatic heterocycles. The van der Waals surface area contributed by atoms with E-state index in [-0.39, 0.29) is 0 Å². The van der Waals surface area contributed by atoms with Crippen LogP contribution in [-0.2, 0) is 4.74 Å². The number of ether oxygens (including phenoxy) is 1. The minimum Gasteiger partial charge on any atom is -0.361 e. The van der Waals surface area contributed by atoms with Crippen molar-refractivity contribution in [3.63, 3.8) is 0 Å². The van der Waals surface area contributed by atoms with Crippen molar-refractivity contribution in [2.24, 2.45) is 5.92 Å². The van der Waals surface area contributed by atoms with Gasteiger partial charge in [-0.15, -0.1) is 0 Å². The highest BCUT2D eigenvalue weighted by Gasteiger charge is 2.25. The smallest absolute Gasteiger partial charge is 0.0970 e. The topological polar surface area (TPSA) is 21.3 Å². The van der Waals surface area contributed by atoms with Gasteiger partial charge in [0.1, 0.15) is 0 Å². The largest absolute Gasteiger partial charge is 0.361 e. The summed E-state index contributed by atoms with van der Waals surface area (Å²) in [6, 6.07) is 0. The van der Waals surface area contributed by atoms with Gasteiger partial charge in [0.15, 0.2) is 0 Å². The lowest BCUT2D eigenvalue weighted by molar-refractivity contribution is 0.0566. The van der Waals surface area contributed by atoms with Crippen LogP contribution in [0.5, 0.6) is 0 Å². The molecule has 1 saturated heterocycles. The Hall–Kier alpha value is -0.0800. The second-order valence-electron chi connectivity index (χ2n) is 4.41. The Bertz CT molecular complexity index is 135. The quantitative estimate of drug-likeness (QED) is 0.673. The molecule has 2 heteroatoms. The molecule has 0 bridgehead atoms. The Kier molecular flexibility index (Phi) is 3.62. The van der Waals surface area contributed by atoms with Gasteiger partial charge in [-0.3, -0.25) is 5.32 Å². The molecule has 0 radical (unpaired) electrons. The molecule has 2 fully saturated rings. The van der Waals surface area contributed by atoms with Gasteiger partial charge in [0.2, 0.25) is 0 Å². The van der Waals surface area contributed by atoms with Crippen molar-refractivity contribution in [3.8, 4) is 0 Å². The summed E-state index contributed by atoms with van der Waals surface area (Å²) in [6.07, 6.45) is 10.5. The van der Waals surface area contributed by atoms with E-state index in [1.807, 2.05) is 0 Å². The average molecular weight is 183 g/mol. The molecule has 0 spiro atoms. The lowest BCUT2D eigenvalue weighted by Crippen LogP contribution is -2.25. The fourth-order valence-corrected chi connectivity index (χ4v) is 2.59. The standard InChI is InChI=1S/C11H21NO/c1-2-4-6-10(7-5-3-1)11-8-12-9-13-11/h10-12H,1-9H2. The van der Waals surface area contributed by atoms with Crippen molar-refractivity contribution in [2.45, 2.75) is 51.0 Å². The van der Waals surface area contributed by atoms with Gasteiger partial charge in [-0.05, 0) is 18.8 Å². The van der Waals surface area contributed by atoms with E-state index in [9.17, 15) is 0 Å². The molecule has 0 aromatic rings. The highest BCUT2D eigenvalue weighted by molar-refractivity contribution is 4.77. The zero-order valence-corrected chi connectivity index (χ0v) is 8.43. The maximum absolute atomic E-state index is 5.68. The van der Waals surface area contributed by atoms with Crippen molar-refractivity contribution in [1.82, 2.24) is 5.32 Å². The third-order valence-electron chi connectivity index (χ3n) is 3.42. The minimum atomic E-state index is 0.526. The van der Waals surface area contributed by atoms with Crippen molar-refractivity contribution < 1.29 is 4.74 Å². The molecule has 1 unspecified atom stereocenters. The molecule has 76 valence electrons. The molecule has 0 aromatic heterocycles. The Balaban J connectivity index is 1.80. The van der Waals surface area contributed by atoms with Crippen LogP contribution >= 0.6 is 0 Å².